The van der Waals surface area contributed by atoms with E-state index in [4.69, 9.17) is 4.74 Å². The van der Waals surface area contributed by atoms with Crippen LogP contribution in [0, 0.1) is 11.8 Å². The van der Waals surface area contributed by atoms with Crippen LogP contribution >= 0.6 is 0 Å². The summed E-state index contributed by atoms with van der Waals surface area (Å²) in [6.45, 7) is 12.4. The Kier molecular flexibility index (Phi) is 4.62. The number of carbonyl (C=O) groups excluding carboxylic acids is 1. The van der Waals surface area contributed by atoms with Crippen LogP contribution in [0.2, 0.25) is 0 Å². The Bertz CT molecular complexity index is 339. The van der Waals surface area contributed by atoms with Crippen molar-refractivity contribution in [2.75, 3.05) is 13.1 Å². The van der Waals surface area contributed by atoms with Gasteiger partial charge in [0.1, 0.15) is 5.60 Å². The van der Waals surface area contributed by atoms with Crippen molar-refractivity contribution >= 4 is 6.09 Å². The number of nitrogens with zero attached hydrogens (tertiary/aromatic N) is 1. The Morgan fingerprint density at radius 3 is 2.25 bits per heavy atom. The van der Waals surface area contributed by atoms with Gasteiger partial charge >= 0.3 is 6.09 Å². The highest BCUT2D eigenvalue weighted by molar-refractivity contribution is 5.68. The van der Waals surface area contributed by atoms with E-state index in [9.17, 15) is 4.79 Å². The number of carbonyl (C=O) groups is 1. The van der Waals surface area contributed by atoms with Crippen LogP contribution in [0.3, 0.4) is 0 Å². The molecular weight excluding hydrogens is 252 g/mol. The monoisotopic (exact) mass is 282 g/mol. The van der Waals surface area contributed by atoms with Gasteiger partial charge in [-0.2, -0.15) is 0 Å². The van der Waals surface area contributed by atoms with Gasteiger partial charge in [-0.15, -0.1) is 0 Å². The lowest BCUT2D eigenvalue weighted by molar-refractivity contribution is 0.0447. The molecular formula is C16H30N2O2. The smallest absolute Gasteiger partial charge is 0.407 e. The zero-order chi connectivity index (χ0) is 14.9. The van der Waals surface area contributed by atoms with E-state index in [0.29, 0.717) is 6.04 Å². The molecule has 4 atom stereocenters. The van der Waals surface area contributed by atoms with Gasteiger partial charge in [0.2, 0.25) is 0 Å². The first-order valence-electron chi connectivity index (χ1n) is 7.98. The highest BCUT2D eigenvalue weighted by atomic mass is 16.6. The number of ether oxygens (including phenoxy) is 1. The number of piperidine rings is 1. The Balaban J connectivity index is 1.82. The van der Waals surface area contributed by atoms with Gasteiger partial charge in [-0.1, -0.05) is 0 Å². The van der Waals surface area contributed by atoms with Crippen molar-refractivity contribution in [2.45, 2.75) is 71.6 Å². The molecule has 1 N–H and O–H groups in total. The molecule has 0 aromatic carbocycles. The predicted molar refractivity (Wildman–Crippen MR) is 80.7 cm³/mol. The molecule has 2 aliphatic rings. The molecule has 20 heavy (non-hydrogen) atoms. The molecule has 1 aliphatic carbocycles. The van der Waals surface area contributed by atoms with E-state index in [2.05, 4.69) is 24.1 Å². The van der Waals surface area contributed by atoms with E-state index in [1.165, 1.54) is 32.4 Å². The van der Waals surface area contributed by atoms with Gasteiger partial charge in [-0.05, 0) is 65.7 Å². The van der Waals surface area contributed by atoms with Gasteiger partial charge in [-0.3, -0.25) is 4.90 Å². The van der Waals surface area contributed by atoms with Crippen LogP contribution in [0.4, 0.5) is 4.79 Å². The fourth-order valence-corrected chi connectivity index (χ4v) is 3.51. The molecule has 1 heterocycles. The highest BCUT2D eigenvalue weighted by Crippen LogP contribution is 2.37. The fraction of sp³-hybridized carbons (Fsp3) is 0.938. The Labute approximate surface area is 123 Å². The Morgan fingerprint density at radius 1 is 1.20 bits per heavy atom. The lowest BCUT2D eigenvalue weighted by atomic mass is 9.96. The average Bonchev–Trinajstić information content (AvgIpc) is 2.64. The molecule has 0 aromatic rings. The zero-order valence-corrected chi connectivity index (χ0v) is 13.6. The van der Waals surface area contributed by atoms with Crippen LogP contribution in [-0.4, -0.2) is 41.8 Å². The van der Waals surface area contributed by atoms with Crippen LogP contribution in [0.1, 0.15) is 53.9 Å². The molecule has 0 aromatic heterocycles. The lowest BCUT2D eigenvalue weighted by Crippen LogP contribution is -2.52. The van der Waals surface area contributed by atoms with E-state index >= 15 is 0 Å². The predicted octanol–water partition coefficient (Wildman–Crippen LogP) is 3.02. The summed E-state index contributed by atoms with van der Waals surface area (Å²) in [4.78, 5) is 14.4. The normalized spacial score (nSPS) is 29.9. The van der Waals surface area contributed by atoms with Crippen molar-refractivity contribution in [1.82, 2.24) is 10.2 Å². The molecule has 1 saturated carbocycles. The minimum atomic E-state index is -0.433. The zero-order valence-electron chi connectivity index (χ0n) is 13.6. The number of likely N-dealkylation sites (tertiary alicyclic amines) is 1. The molecule has 2 rings (SSSR count). The fourth-order valence-electron chi connectivity index (χ4n) is 3.51. The quantitative estimate of drug-likeness (QED) is 0.865. The van der Waals surface area contributed by atoms with E-state index in [0.717, 1.165) is 11.8 Å². The maximum Gasteiger partial charge on any atom is 0.407 e. The van der Waals surface area contributed by atoms with Gasteiger partial charge < -0.3 is 10.1 Å². The second-order valence-electron chi connectivity index (χ2n) is 7.67. The summed E-state index contributed by atoms with van der Waals surface area (Å²) in [5, 5.41) is 2.98. The summed E-state index contributed by atoms with van der Waals surface area (Å²) in [5.41, 5.74) is -0.433. The first-order chi connectivity index (χ1) is 9.24. The van der Waals surface area contributed by atoms with Crippen LogP contribution in [0.5, 0.6) is 0 Å². The maximum absolute atomic E-state index is 11.8. The number of amides is 1. The number of alkyl carbamates (subject to hydrolysis) is 1. The summed E-state index contributed by atoms with van der Waals surface area (Å²) < 4.78 is 5.33. The largest absolute Gasteiger partial charge is 0.444 e. The molecule has 3 unspecified atom stereocenters. The van der Waals surface area contributed by atoms with Crippen molar-refractivity contribution in [2.24, 2.45) is 11.8 Å². The number of rotatable bonds is 3. The molecule has 1 saturated heterocycles. The summed E-state index contributed by atoms with van der Waals surface area (Å²) in [6.07, 6.45) is 3.89. The average molecular weight is 282 g/mol. The number of nitrogens with one attached hydrogen (secondary N) is 1. The van der Waals surface area contributed by atoms with Crippen LogP contribution in [0.25, 0.3) is 0 Å². The molecule has 0 radical (unpaired) electrons. The SMILES string of the molecule is CC([C@@H](C)NC(=O)OC(C)(C)C)N1CC2CCC(C2)C1. The second-order valence-corrected chi connectivity index (χ2v) is 7.67. The lowest BCUT2D eigenvalue weighted by Gasteiger charge is -2.39. The molecule has 1 amide bonds. The minimum Gasteiger partial charge on any atom is -0.444 e. The van der Waals surface area contributed by atoms with E-state index in [1.54, 1.807) is 0 Å². The molecule has 0 spiro atoms. The van der Waals surface area contributed by atoms with Crippen molar-refractivity contribution in [3.8, 4) is 0 Å². The Hall–Kier alpha value is -0.770. The van der Waals surface area contributed by atoms with Crippen molar-refractivity contribution in [1.29, 1.82) is 0 Å². The number of hydrogen-bond acceptors (Lipinski definition) is 3. The standard InChI is InChI=1S/C16H30N2O2/c1-11(17-15(19)20-16(3,4)5)12(2)18-9-13-6-7-14(8-13)10-18/h11-14H,6-10H2,1-5H3,(H,17,19)/t11-,12?,13?,14?/m1/s1. The van der Waals surface area contributed by atoms with Crippen LogP contribution in [-0.2, 0) is 4.74 Å². The van der Waals surface area contributed by atoms with Gasteiger partial charge in [-0.25, -0.2) is 4.79 Å². The van der Waals surface area contributed by atoms with Crippen molar-refractivity contribution < 1.29 is 9.53 Å². The van der Waals surface area contributed by atoms with Gasteiger partial charge in [0.05, 0.1) is 0 Å². The van der Waals surface area contributed by atoms with Gasteiger partial charge in [0.15, 0.2) is 0 Å². The van der Waals surface area contributed by atoms with Gasteiger partial charge in [0, 0.05) is 25.2 Å². The molecule has 2 fully saturated rings. The third-order valence-corrected chi connectivity index (χ3v) is 4.68. The summed E-state index contributed by atoms with van der Waals surface area (Å²) >= 11 is 0. The molecule has 116 valence electrons. The van der Waals surface area contributed by atoms with Crippen LogP contribution < -0.4 is 5.32 Å². The van der Waals surface area contributed by atoms with E-state index in [-0.39, 0.29) is 12.1 Å². The third kappa shape index (κ3) is 4.11. The third-order valence-electron chi connectivity index (χ3n) is 4.68. The first-order valence-corrected chi connectivity index (χ1v) is 7.98. The topological polar surface area (TPSA) is 41.6 Å². The van der Waals surface area contributed by atoms with E-state index < -0.39 is 5.60 Å². The van der Waals surface area contributed by atoms with Gasteiger partial charge in [0.25, 0.3) is 0 Å². The summed E-state index contributed by atoms with van der Waals surface area (Å²) in [7, 11) is 0. The Morgan fingerprint density at radius 2 is 1.75 bits per heavy atom. The molecule has 1 aliphatic heterocycles. The van der Waals surface area contributed by atoms with E-state index in [1.807, 2.05) is 20.8 Å². The second kappa shape index (κ2) is 5.92. The van der Waals surface area contributed by atoms with Crippen molar-refractivity contribution in [3.05, 3.63) is 0 Å². The van der Waals surface area contributed by atoms with Crippen molar-refractivity contribution in [3.63, 3.8) is 0 Å². The maximum atomic E-state index is 11.8. The minimum absolute atomic E-state index is 0.113. The molecule has 2 bridgehead atoms. The first kappa shape index (κ1) is 15.6. The number of fused-ring (bicyclic) bond motifs is 2. The molecule has 4 nitrogen and oxygen atoms in total. The summed E-state index contributed by atoms with van der Waals surface area (Å²) in [6, 6.07) is 0.480. The molecule has 4 heteroatoms. The summed E-state index contributed by atoms with van der Waals surface area (Å²) in [5.74, 6) is 1.76. The number of hydrogen-bond donors (Lipinski definition) is 1. The highest BCUT2D eigenvalue weighted by Gasteiger charge is 2.36. The van der Waals surface area contributed by atoms with Crippen LogP contribution in [0.15, 0.2) is 0 Å².